The Morgan fingerprint density at radius 2 is 1.74 bits per heavy atom. The molecular weight excluding hydrogens is 410 g/mol. The number of amides is 1. The number of aromatic nitrogens is 4. The molecule has 1 N–H and O–H groups in total. The highest BCUT2D eigenvalue weighted by atomic mass is 32.2. The van der Waals surface area contributed by atoms with E-state index < -0.39 is 0 Å². The van der Waals surface area contributed by atoms with Crippen molar-refractivity contribution in [3.63, 3.8) is 0 Å². The van der Waals surface area contributed by atoms with E-state index >= 15 is 0 Å². The quantitative estimate of drug-likeness (QED) is 0.424. The van der Waals surface area contributed by atoms with Crippen LogP contribution in [0.25, 0.3) is 11.4 Å². The third-order valence-corrected chi connectivity index (χ3v) is 6.39. The van der Waals surface area contributed by atoms with Crippen LogP contribution in [0.15, 0.2) is 53.9 Å². The Hall–Kier alpha value is -3.00. The fraction of sp³-hybridized carbons (Fsp3) is 0.348. The predicted molar refractivity (Wildman–Crippen MR) is 121 cm³/mol. The van der Waals surface area contributed by atoms with Gasteiger partial charge >= 0.3 is 0 Å². The molecule has 7 nitrogen and oxygen atoms in total. The van der Waals surface area contributed by atoms with Crippen molar-refractivity contribution in [3.8, 4) is 11.4 Å². The predicted octanol–water partition coefficient (Wildman–Crippen LogP) is 4.78. The first-order valence-electron chi connectivity index (χ1n) is 10.5. The molecule has 4 rings (SSSR count). The average Bonchev–Trinajstić information content (AvgIpc) is 3.23. The molecule has 2 aromatic heterocycles. The van der Waals surface area contributed by atoms with E-state index in [-0.39, 0.29) is 17.4 Å². The van der Waals surface area contributed by atoms with Crippen LogP contribution in [0.3, 0.4) is 0 Å². The molecule has 1 fully saturated rings. The second-order valence-electron chi connectivity index (χ2n) is 7.67. The molecule has 0 radical (unpaired) electrons. The molecule has 160 valence electrons. The van der Waals surface area contributed by atoms with E-state index in [1.807, 2.05) is 12.1 Å². The van der Waals surface area contributed by atoms with Crippen molar-refractivity contribution >= 4 is 29.1 Å². The van der Waals surface area contributed by atoms with E-state index in [1.54, 1.807) is 36.7 Å². The number of thioether (sulfide) groups is 1. The molecule has 0 aliphatic heterocycles. The van der Waals surface area contributed by atoms with Gasteiger partial charge in [0.1, 0.15) is 0 Å². The number of Topliss-reactive ketones (excluding diaryl/α,β-unsaturated/α-hetero) is 1. The number of nitrogens with zero attached hydrogens (tertiary/aromatic N) is 4. The van der Waals surface area contributed by atoms with E-state index in [0.29, 0.717) is 17.3 Å². The lowest BCUT2D eigenvalue weighted by Crippen LogP contribution is -2.17. The molecule has 1 aromatic carbocycles. The monoisotopic (exact) mass is 435 g/mol. The molecule has 1 amide bonds. The second-order valence-corrected chi connectivity index (χ2v) is 8.62. The van der Waals surface area contributed by atoms with Crippen LogP contribution in [0.2, 0.25) is 0 Å². The molecule has 3 aromatic rings. The number of anilines is 1. The number of hydrogen-bond donors (Lipinski definition) is 1. The number of benzene rings is 1. The molecule has 0 saturated heterocycles. The molecule has 0 spiro atoms. The normalized spacial score (nSPS) is 14.4. The van der Waals surface area contributed by atoms with Crippen molar-refractivity contribution in [3.05, 3.63) is 54.4 Å². The molecule has 8 heteroatoms. The lowest BCUT2D eigenvalue weighted by Gasteiger charge is -2.25. The van der Waals surface area contributed by atoms with Gasteiger partial charge in [-0.05, 0) is 56.2 Å². The van der Waals surface area contributed by atoms with Crippen molar-refractivity contribution < 1.29 is 9.59 Å². The van der Waals surface area contributed by atoms with Crippen LogP contribution in [0.4, 0.5) is 5.69 Å². The van der Waals surface area contributed by atoms with Gasteiger partial charge in [0, 0.05) is 35.2 Å². The minimum atomic E-state index is -0.121. The van der Waals surface area contributed by atoms with E-state index in [9.17, 15) is 9.59 Å². The van der Waals surface area contributed by atoms with Gasteiger partial charge in [0.15, 0.2) is 16.8 Å². The number of carbonyl (C=O) groups is 2. The molecular formula is C23H25N5O2S. The van der Waals surface area contributed by atoms with Gasteiger partial charge in [-0.25, -0.2) is 0 Å². The van der Waals surface area contributed by atoms with Crippen molar-refractivity contribution in [1.82, 2.24) is 19.7 Å². The molecule has 0 unspecified atom stereocenters. The minimum Gasteiger partial charge on any atom is -0.325 e. The number of ketones is 1. The summed E-state index contributed by atoms with van der Waals surface area (Å²) >= 11 is 1.40. The third-order valence-electron chi connectivity index (χ3n) is 5.45. The Balaban J connectivity index is 1.48. The van der Waals surface area contributed by atoms with Crippen LogP contribution in [0, 0.1) is 0 Å². The first kappa shape index (κ1) is 21.2. The molecule has 2 heterocycles. The van der Waals surface area contributed by atoms with Gasteiger partial charge in [0.2, 0.25) is 5.91 Å². The Morgan fingerprint density at radius 1 is 1.03 bits per heavy atom. The lowest BCUT2D eigenvalue weighted by molar-refractivity contribution is -0.113. The largest absolute Gasteiger partial charge is 0.325 e. The molecule has 0 bridgehead atoms. The van der Waals surface area contributed by atoms with Crippen LogP contribution >= 0.6 is 11.8 Å². The zero-order chi connectivity index (χ0) is 21.6. The van der Waals surface area contributed by atoms with Gasteiger partial charge in [-0.15, -0.1) is 10.2 Å². The lowest BCUT2D eigenvalue weighted by atomic mass is 9.95. The fourth-order valence-electron chi connectivity index (χ4n) is 3.86. The molecule has 31 heavy (non-hydrogen) atoms. The Morgan fingerprint density at radius 3 is 2.42 bits per heavy atom. The van der Waals surface area contributed by atoms with E-state index in [0.717, 1.165) is 29.4 Å². The Kier molecular flexibility index (Phi) is 6.76. The number of hydrogen-bond acceptors (Lipinski definition) is 6. The smallest absolute Gasteiger partial charge is 0.234 e. The highest BCUT2D eigenvalue weighted by Gasteiger charge is 2.24. The summed E-state index contributed by atoms with van der Waals surface area (Å²) in [5.41, 5.74) is 2.27. The molecule has 0 atom stereocenters. The van der Waals surface area contributed by atoms with Crippen molar-refractivity contribution in [2.45, 2.75) is 50.2 Å². The summed E-state index contributed by atoms with van der Waals surface area (Å²) in [4.78, 5) is 28.0. The fourth-order valence-corrected chi connectivity index (χ4v) is 4.66. The maximum atomic E-state index is 12.5. The summed E-state index contributed by atoms with van der Waals surface area (Å²) in [6.45, 7) is 1.52. The summed E-state index contributed by atoms with van der Waals surface area (Å²) in [6, 6.07) is 11.1. The summed E-state index contributed by atoms with van der Waals surface area (Å²) in [5.74, 6) is 0.942. The summed E-state index contributed by atoms with van der Waals surface area (Å²) in [6.07, 6.45) is 9.35. The first-order valence-corrected chi connectivity index (χ1v) is 11.5. The van der Waals surface area contributed by atoms with Crippen molar-refractivity contribution in [2.75, 3.05) is 11.1 Å². The zero-order valence-corrected chi connectivity index (χ0v) is 18.3. The highest BCUT2D eigenvalue weighted by Crippen LogP contribution is 2.35. The number of pyridine rings is 1. The molecule has 1 aliphatic carbocycles. The summed E-state index contributed by atoms with van der Waals surface area (Å²) in [7, 11) is 0. The maximum absolute atomic E-state index is 12.5. The Bertz CT molecular complexity index is 1040. The van der Waals surface area contributed by atoms with Gasteiger partial charge in [0.25, 0.3) is 0 Å². The zero-order valence-electron chi connectivity index (χ0n) is 17.5. The van der Waals surface area contributed by atoms with Gasteiger partial charge in [-0.3, -0.25) is 19.1 Å². The first-order chi connectivity index (χ1) is 15.1. The summed E-state index contributed by atoms with van der Waals surface area (Å²) < 4.78 is 2.20. The van der Waals surface area contributed by atoms with Crippen molar-refractivity contribution in [1.29, 1.82) is 0 Å². The van der Waals surface area contributed by atoms with Crippen LogP contribution in [-0.2, 0) is 4.79 Å². The van der Waals surface area contributed by atoms with Crippen LogP contribution in [0.5, 0.6) is 0 Å². The van der Waals surface area contributed by atoms with Gasteiger partial charge < -0.3 is 5.32 Å². The van der Waals surface area contributed by atoms with Gasteiger partial charge in [-0.2, -0.15) is 0 Å². The SMILES string of the molecule is CC(=O)c1ccc(NC(=O)CSc2nnc(-c3ccncc3)n2C2CCCCC2)cc1. The average molecular weight is 436 g/mol. The van der Waals surface area contributed by atoms with Crippen LogP contribution in [-0.4, -0.2) is 37.2 Å². The molecule has 1 aliphatic rings. The summed E-state index contributed by atoms with van der Waals surface area (Å²) in [5, 5.41) is 12.5. The van der Waals surface area contributed by atoms with Gasteiger partial charge in [-0.1, -0.05) is 31.0 Å². The minimum absolute atomic E-state index is 0.000447. The standard InChI is InChI=1S/C23H25N5O2S/c1-16(29)17-7-9-19(10-8-17)25-21(30)15-31-23-27-26-22(18-11-13-24-14-12-18)28(23)20-5-3-2-4-6-20/h7-14,20H,2-6,15H2,1H3,(H,25,30). The van der Waals surface area contributed by atoms with Gasteiger partial charge in [0.05, 0.1) is 5.75 Å². The van der Waals surface area contributed by atoms with E-state index in [2.05, 4.69) is 25.1 Å². The Labute approximate surface area is 185 Å². The second kappa shape index (κ2) is 9.87. The third kappa shape index (κ3) is 5.19. The van der Waals surface area contributed by atoms with Crippen LogP contribution in [0.1, 0.15) is 55.4 Å². The van der Waals surface area contributed by atoms with E-state index in [1.165, 1.54) is 37.9 Å². The maximum Gasteiger partial charge on any atom is 0.234 e. The van der Waals surface area contributed by atoms with Crippen LogP contribution < -0.4 is 5.32 Å². The highest BCUT2D eigenvalue weighted by molar-refractivity contribution is 7.99. The molecule has 1 saturated carbocycles. The number of nitrogens with one attached hydrogen (secondary N) is 1. The number of rotatable bonds is 7. The topological polar surface area (TPSA) is 89.8 Å². The van der Waals surface area contributed by atoms with Crippen molar-refractivity contribution in [2.24, 2.45) is 0 Å². The number of carbonyl (C=O) groups excluding carboxylic acids is 2. The van der Waals surface area contributed by atoms with E-state index in [4.69, 9.17) is 0 Å².